The van der Waals surface area contributed by atoms with Gasteiger partial charge in [0.2, 0.25) is 0 Å². The van der Waals surface area contributed by atoms with Crippen molar-refractivity contribution in [1.82, 2.24) is 9.03 Å². The van der Waals surface area contributed by atoms with Gasteiger partial charge in [0.05, 0.1) is 0 Å². The molecule has 2 fully saturated rings. The lowest BCUT2D eigenvalue weighted by Gasteiger charge is -2.34. The van der Waals surface area contributed by atoms with Gasteiger partial charge in [0.25, 0.3) is 10.2 Å². The molecule has 1 aliphatic heterocycles. The van der Waals surface area contributed by atoms with Gasteiger partial charge < -0.3 is 4.74 Å². The Morgan fingerprint density at radius 2 is 1.82 bits per heavy atom. The lowest BCUT2D eigenvalue weighted by atomic mass is 9.79. The van der Waals surface area contributed by atoms with E-state index in [0.717, 1.165) is 32.1 Å². The molecule has 0 amide bonds. The largest absolute Gasteiger partial charge is 0.381 e. The maximum absolute atomic E-state index is 12.6. The summed E-state index contributed by atoms with van der Waals surface area (Å²) in [6.07, 6.45) is 7.43. The van der Waals surface area contributed by atoms with Gasteiger partial charge in [-0.15, -0.1) is 0 Å². The first kappa shape index (κ1) is 18.2. The molecule has 22 heavy (non-hydrogen) atoms. The van der Waals surface area contributed by atoms with Crippen molar-refractivity contribution < 1.29 is 13.2 Å². The maximum atomic E-state index is 12.6. The van der Waals surface area contributed by atoms with Crippen molar-refractivity contribution in [3.63, 3.8) is 0 Å². The monoisotopic (exact) mass is 332 g/mol. The van der Waals surface area contributed by atoms with Gasteiger partial charge in [-0.05, 0) is 43.4 Å². The van der Waals surface area contributed by atoms with Gasteiger partial charge in [0.15, 0.2) is 0 Å². The molecular formula is C16H32N2O3S. The summed E-state index contributed by atoms with van der Waals surface area (Å²) in [6, 6.07) is 0.0656. The lowest BCUT2D eigenvalue weighted by molar-refractivity contribution is 0.0628. The highest BCUT2D eigenvalue weighted by Crippen LogP contribution is 2.42. The summed E-state index contributed by atoms with van der Waals surface area (Å²) in [5, 5.41) is 0. The molecular weight excluding hydrogens is 300 g/mol. The van der Waals surface area contributed by atoms with Crippen LogP contribution in [0.2, 0.25) is 0 Å². The first-order valence-electron chi connectivity index (χ1n) is 8.65. The fourth-order valence-electron chi connectivity index (χ4n) is 4.04. The van der Waals surface area contributed by atoms with E-state index in [-0.39, 0.29) is 11.5 Å². The Kier molecular flexibility index (Phi) is 6.28. The summed E-state index contributed by atoms with van der Waals surface area (Å²) in [4.78, 5) is 0. The van der Waals surface area contributed by atoms with Crippen LogP contribution in [0.5, 0.6) is 0 Å². The molecule has 1 aliphatic carbocycles. The molecule has 2 aliphatic rings. The van der Waals surface area contributed by atoms with E-state index in [1.54, 1.807) is 7.05 Å². The van der Waals surface area contributed by atoms with Crippen LogP contribution >= 0.6 is 0 Å². The molecule has 1 heterocycles. The minimum absolute atomic E-state index is 0.0656. The van der Waals surface area contributed by atoms with Crippen LogP contribution in [0.3, 0.4) is 0 Å². The van der Waals surface area contributed by atoms with Crippen molar-refractivity contribution in [1.29, 1.82) is 0 Å². The summed E-state index contributed by atoms with van der Waals surface area (Å²) in [6.45, 7) is 6.34. The molecule has 0 aromatic carbocycles. The van der Waals surface area contributed by atoms with Gasteiger partial charge in [0, 0.05) is 32.8 Å². The predicted octanol–water partition coefficient (Wildman–Crippen LogP) is 2.54. The third-order valence-corrected chi connectivity index (χ3v) is 6.78. The predicted molar refractivity (Wildman–Crippen MR) is 88.9 cm³/mol. The van der Waals surface area contributed by atoms with Crippen LogP contribution in [-0.4, -0.2) is 45.6 Å². The second-order valence-corrected chi connectivity index (χ2v) is 9.31. The van der Waals surface area contributed by atoms with E-state index in [1.807, 2.05) is 0 Å². The van der Waals surface area contributed by atoms with Gasteiger partial charge in [-0.25, -0.2) is 4.72 Å². The fraction of sp³-hybridized carbons (Fsp3) is 1.00. The molecule has 130 valence electrons. The first-order valence-corrected chi connectivity index (χ1v) is 10.1. The summed E-state index contributed by atoms with van der Waals surface area (Å²) < 4.78 is 34.9. The van der Waals surface area contributed by atoms with Crippen LogP contribution < -0.4 is 4.72 Å². The zero-order valence-corrected chi connectivity index (χ0v) is 15.1. The van der Waals surface area contributed by atoms with Gasteiger partial charge in [-0.1, -0.05) is 26.7 Å². The van der Waals surface area contributed by atoms with Crippen LogP contribution in [0, 0.1) is 11.3 Å². The first-order chi connectivity index (χ1) is 10.3. The van der Waals surface area contributed by atoms with E-state index in [9.17, 15) is 8.42 Å². The highest BCUT2D eigenvalue weighted by molar-refractivity contribution is 7.87. The zero-order chi connectivity index (χ0) is 16.2. The Morgan fingerprint density at radius 1 is 1.23 bits per heavy atom. The molecule has 1 saturated heterocycles. The van der Waals surface area contributed by atoms with Crippen molar-refractivity contribution >= 4 is 10.2 Å². The number of rotatable bonds is 7. The Hall–Kier alpha value is -0.170. The summed E-state index contributed by atoms with van der Waals surface area (Å²) in [5.74, 6) is 0.607. The molecule has 0 aromatic rings. The standard InChI is InChI=1S/C16H32N2O3S/c1-14(2)12-16(8-4-5-9-16)13-17-22(19,20)18(3)15-6-10-21-11-7-15/h14-15,17H,4-13H2,1-3H3. The number of nitrogens with zero attached hydrogens (tertiary/aromatic N) is 1. The lowest BCUT2D eigenvalue weighted by Crippen LogP contribution is -2.48. The molecule has 0 bridgehead atoms. The van der Waals surface area contributed by atoms with Gasteiger partial charge >= 0.3 is 0 Å². The van der Waals surface area contributed by atoms with Crippen molar-refractivity contribution in [3.05, 3.63) is 0 Å². The smallest absolute Gasteiger partial charge is 0.279 e. The Morgan fingerprint density at radius 3 is 2.36 bits per heavy atom. The highest BCUT2D eigenvalue weighted by Gasteiger charge is 2.36. The minimum atomic E-state index is -3.39. The van der Waals surface area contributed by atoms with Crippen LogP contribution in [-0.2, 0) is 14.9 Å². The SMILES string of the molecule is CC(C)CC1(CNS(=O)(=O)N(C)C2CCOCC2)CCCC1. The quantitative estimate of drug-likeness (QED) is 0.779. The average molecular weight is 333 g/mol. The van der Waals surface area contributed by atoms with Crippen molar-refractivity contribution in [2.45, 2.75) is 64.8 Å². The number of ether oxygens (including phenoxy) is 1. The molecule has 6 heteroatoms. The molecule has 0 atom stereocenters. The normalized spacial score (nSPS) is 23.5. The van der Waals surface area contributed by atoms with E-state index in [0.29, 0.717) is 25.7 Å². The third kappa shape index (κ3) is 4.66. The van der Waals surface area contributed by atoms with E-state index >= 15 is 0 Å². The van der Waals surface area contributed by atoms with E-state index in [4.69, 9.17) is 4.74 Å². The zero-order valence-electron chi connectivity index (χ0n) is 14.3. The van der Waals surface area contributed by atoms with Gasteiger partial charge in [-0.3, -0.25) is 0 Å². The number of hydrogen-bond acceptors (Lipinski definition) is 3. The Bertz CT molecular complexity index is 438. The van der Waals surface area contributed by atoms with E-state index in [2.05, 4.69) is 18.6 Å². The van der Waals surface area contributed by atoms with Crippen LogP contribution in [0.1, 0.15) is 58.8 Å². The van der Waals surface area contributed by atoms with Gasteiger partial charge in [-0.2, -0.15) is 12.7 Å². The second kappa shape index (κ2) is 7.60. The van der Waals surface area contributed by atoms with Crippen molar-refractivity contribution in [2.75, 3.05) is 26.8 Å². The highest BCUT2D eigenvalue weighted by atomic mass is 32.2. The molecule has 1 N–H and O–H groups in total. The molecule has 0 spiro atoms. The molecule has 0 aromatic heterocycles. The molecule has 0 unspecified atom stereocenters. The third-order valence-electron chi connectivity index (χ3n) is 5.22. The van der Waals surface area contributed by atoms with E-state index < -0.39 is 10.2 Å². The minimum Gasteiger partial charge on any atom is -0.381 e. The Labute approximate surface area is 136 Å². The van der Waals surface area contributed by atoms with Crippen LogP contribution in [0.25, 0.3) is 0 Å². The van der Waals surface area contributed by atoms with Crippen LogP contribution in [0.15, 0.2) is 0 Å². The number of nitrogens with one attached hydrogen (secondary N) is 1. The molecule has 1 saturated carbocycles. The average Bonchev–Trinajstić information content (AvgIpc) is 2.93. The van der Waals surface area contributed by atoms with Crippen LogP contribution in [0.4, 0.5) is 0 Å². The number of hydrogen-bond donors (Lipinski definition) is 1. The molecule has 0 radical (unpaired) electrons. The Balaban J connectivity index is 1.95. The van der Waals surface area contributed by atoms with Crippen molar-refractivity contribution in [3.8, 4) is 0 Å². The topological polar surface area (TPSA) is 58.6 Å². The summed E-state index contributed by atoms with van der Waals surface area (Å²) in [7, 11) is -1.70. The van der Waals surface area contributed by atoms with Gasteiger partial charge in [0.1, 0.15) is 0 Å². The summed E-state index contributed by atoms with van der Waals surface area (Å²) >= 11 is 0. The summed E-state index contributed by atoms with van der Waals surface area (Å²) in [5.41, 5.74) is 0.164. The molecule has 2 rings (SSSR count). The maximum Gasteiger partial charge on any atom is 0.279 e. The van der Waals surface area contributed by atoms with Crippen molar-refractivity contribution in [2.24, 2.45) is 11.3 Å². The van der Waals surface area contributed by atoms with E-state index in [1.165, 1.54) is 17.1 Å². The second-order valence-electron chi connectivity index (χ2n) is 7.49. The molecule has 5 nitrogen and oxygen atoms in total. The fourth-order valence-corrected chi connectivity index (χ4v) is 5.33.